The molecule has 0 unspecified atom stereocenters. The highest BCUT2D eigenvalue weighted by molar-refractivity contribution is 6.22. The molecule has 0 aliphatic heterocycles. The lowest BCUT2D eigenvalue weighted by molar-refractivity contribution is 1.24. The Morgan fingerprint density at radius 1 is 0.783 bits per heavy atom. The molecule has 0 bridgehead atoms. The summed E-state index contributed by atoms with van der Waals surface area (Å²) in [6.07, 6.45) is 10.1. The number of allylic oxidation sites excluding steroid dienone is 2. The highest BCUT2D eigenvalue weighted by Gasteiger charge is 2.16. The topological polar surface area (TPSA) is 0 Å². The van der Waals surface area contributed by atoms with Crippen LogP contribution in [-0.2, 0) is 6.42 Å². The summed E-state index contributed by atoms with van der Waals surface area (Å²) >= 11 is 0. The Morgan fingerprint density at radius 3 is 2.70 bits per heavy atom. The van der Waals surface area contributed by atoms with Gasteiger partial charge in [-0.15, -0.1) is 0 Å². The summed E-state index contributed by atoms with van der Waals surface area (Å²) in [6.45, 7) is 0. The monoisotopic (exact) mass is 290 g/mol. The molecule has 4 aromatic carbocycles. The van der Waals surface area contributed by atoms with E-state index < -0.39 is 0 Å². The molecule has 0 atom stereocenters. The Morgan fingerprint density at radius 2 is 1.70 bits per heavy atom. The molecule has 0 N–H and O–H groups in total. The van der Waals surface area contributed by atoms with Gasteiger partial charge < -0.3 is 0 Å². The van der Waals surface area contributed by atoms with Crippen LogP contribution in [0.3, 0.4) is 0 Å². The van der Waals surface area contributed by atoms with Crippen LogP contribution in [0, 0.1) is 0 Å². The van der Waals surface area contributed by atoms with E-state index in [9.17, 15) is 0 Å². The third-order valence-corrected chi connectivity index (χ3v) is 5.36. The number of fused-ring (bicyclic) bond motifs is 4. The van der Waals surface area contributed by atoms with Crippen LogP contribution in [0.1, 0.15) is 11.1 Å². The van der Waals surface area contributed by atoms with Crippen LogP contribution < -0.4 is 10.4 Å². The summed E-state index contributed by atoms with van der Waals surface area (Å²) in [4.78, 5) is 0. The fraction of sp³-hybridized carbons (Fsp3) is 0.0435. The standard InChI is InChI=1S/C23H14/c1-3-7-18-14(5-1)11-16-13-17-12-15-6-2-4-8-19(15)21-10-9-20(18)22(16)23(17)21/h1-5,7-13H,6H2. The van der Waals surface area contributed by atoms with E-state index in [1.807, 2.05) is 0 Å². The van der Waals surface area contributed by atoms with Gasteiger partial charge >= 0.3 is 0 Å². The average Bonchev–Trinajstić information content (AvgIpc) is 2.96. The van der Waals surface area contributed by atoms with E-state index in [0.29, 0.717) is 0 Å². The highest BCUT2D eigenvalue weighted by atomic mass is 14.2. The van der Waals surface area contributed by atoms with Crippen LogP contribution in [0.15, 0.2) is 60.7 Å². The Hall–Kier alpha value is -2.86. The van der Waals surface area contributed by atoms with Gasteiger partial charge in [-0.05, 0) is 72.4 Å². The van der Waals surface area contributed by atoms with Gasteiger partial charge in [-0.1, -0.05) is 60.7 Å². The van der Waals surface area contributed by atoms with Crippen molar-refractivity contribution in [1.82, 2.24) is 0 Å². The normalized spacial score (nSPS) is 14.4. The van der Waals surface area contributed by atoms with Gasteiger partial charge in [-0.25, -0.2) is 0 Å². The first-order valence-electron chi connectivity index (χ1n) is 8.19. The van der Waals surface area contributed by atoms with E-state index >= 15 is 0 Å². The predicted molar refractivity (Wildman–Crippen MR) is 99.1 cm³/mol. The lowest BCUT2D eigenvalue weighted by atomic mass is 9.93. The maximum Gasteiger partial charge on any atom is -0.00199 e. The van der Waals surface area contributed by atoms with Crippen molar-refractivity contribution < 1.29 is 0 Å². The average molecular weight is 290 g/mol. The highest BCUT2D eigenvalue weighted by Crippen LogP contribution is 2.35. The second-order valence-corrected chi connectivity index (χ2v) is 6.58. The van der Waals surface area contributed by atoms with E-state index in [0.717, 1.165) is 6.42 Å². The first-order chi connectivity index (χ1) is 11.4. The summed E-state index contributed by atoms with van der Waals surface area (Å²) in [7, 11) is 0. The fourth-order valence-corrected chi connectivity index (χ4v) is 4.39. The minimum atomic E-state index is 1.04. The molecule has 106 valence electrons. The van der Waals surface area contributed by atoms with Gasteiger partial charge in [0.1, 0.15) is 0 Å². The number of benzene rings is 4. The predicted octanol–water partition coefficient (Wildman–Crippen LogP) is 4.18. The van der Waals surface area contributed by atoms with Crippen LogP contribution in [0.2, 0.25) is 0 Å². The zero-order chi connectivity index (χ0) is 15.0. The molecule has 6 rings (SSSR count). The molecule has 0 aromatic heterocycles. The summed E-state index contributed by atoms with van der Waals surface area (Å²) in [5.41, 5.74) is 2.82. The molecule has 0 amide bonds. The molecule has 2 aliphatic carbocycles. The maximum absolute atomic E-state index is 2.39. The van der Waals surface area contributed by atoms with Gasteiger partial charge in [0, 0.05) is 0 Å². The summed E-state index contributed by atoms with van der Waals surface area (Å²) in [6, 6.07) is 18.1. The second kappa shape index (κ2) is 3.91. The van der Waals surface area contributed by atoms with Crippen LogP contribution >= 0.6 is 0 Å². The third-order valence-electron chi connectivity index (χ3n) is 5.36. The van der Waals surface area contributed by atoms with E-state index in [1.165, 1.54) is 53.9 Å². The van der Waals surface area contributed by atoms with Crippen molar-refractivity contribution in [3.8, 4) is 0 Å². The molecule has 0 spiro atoms. The van der Waals surface area contributed by atoms with E-state index in [4.69, 9.17) is 0 Å². The Labute approximate surface area is 133 Å². The van der Waals surface area contributed by atoms with Crippen molar-refractivity contribution in [2.45, 2.75) is 6.42 Å². The summed E-state index contributed by atoms with van der Waals surface area (Å²) in [5.74, 6) is 0. The van der Waals surface area contributed by atoms with E-state index in [-0.39, 0.29) is 0 Å². The lowest BCUT2D eigenvalue weighted by Gasteiger charge is -2.11. The van der Waals surface area contributed by atoms with Crippen molar-refractivity contribution in [3.63, 3.8) is 0 Å². The Balaban J connectivity index is 1.97. The molecule has 0 saturated heterocycles. The number of hydrogen-bond donors (Lipinski definition) is 0. The first kappa shape index (κ1) is 11.7. The fourth-order valence-electron chi connectivity index (χ4n) is 4.39. The van der Waals surface area contributed by atoms with E-state index in [1.54, 1.807) is 0 Å². The van der Waals surface area contributed by atoms with Crippen LogP contribution in [0.4, 0.5) is 0 Å². The minimum Gasteiger partial charge on any atom is -0.0801 e. The molecule has 4 aromatic rings. The SMILES string of the molecule is C1=CCc2cc3c4c(ccc5c6ccccc6cc(c54)C=3)c2=C1. The number of hydrogen-bond acceptors (Lipinski definition) is 0. The largest absolute Gasteiger partial charge is 0.0801 e. The molecule has 23 heavy (non-hydrogen) atoms. The second-order valence-electron chi connectivity index (χ2n) is 6.58. The Bertz CT molecular complexity index is 1320. The van der Waals surface area contributed by atoms with Crippen molar-refractivity contribution in [2.75, 3.05) is 0 Å². The third kappa shape index (κ3) is 1.37. The minimum absolute atomic E-state index is 1.04. The van der Waals surface area contributed by atoms with Crippen LogP contribution in [-0.4, -0.2) is 0 Å². The van der Waals surface area contributed by atoms with Crippen molar-refractivity contribution in [1.29, 1.82) is 0 Å². The van der Waals surface area contributed by atoms with Gasteiger partial charge in [-0.3, -0.25) is 0 Å². The number of rotatable bonds is 0. The first-order valence-corrected chi connectivity index (χ1v) is 8.19. The molecule has 2 aliphatic rings. The molecule has 0 nitrogen and oxygen atoms in total. The van der Waals surface area contributed by atoms with Crippen molar-refractivity contribution in [3.05, 3.63) is 82.2 Å². The molecule has 0 heterocycles. The van der Waals surface area contributed by atoms with Gasteiger partial charge in [-0.2, -0.15) is 0 Å². The summed E-state index contributed by atoms with van der Waals surface area (Å²) in [5, 5.41) is 11.1. The van der Waals surface area contributed by atoms with Gasteiger partial charge in [0.15, 0.2) is 0 Å². The van der Waals surface area contributed by atoms with Crippen molar-refractivity contribution >= 4 is 44.5 Å². The zero-order valence-electron chi connectivity index (χ0n) is 12.6. The van der Waals surface area contributed by atoms with Gasteiger partial charge in [0.05, 0.1) is 0 Å². The molecule has 0 fully saturated rings. The molecule has 0 radical (unpaired) electrons. The Kier molecular flexibility index (Phi) is 1.98. The quantitative estimate of drug-likeness (QED) is 0.375. The van der Waals surface area contributed by atoms with Crippen molar-refractivity contribution in [2.24, 2.45) is 0 Å². The van der Waals surface area contributed by atoms with Gasteiger partial charge in [0.25, 0.3) is 0 Å². The molecular formula is C23H14. The lowest BCUT2D eigenvalue weighted by Crippen LogP contribution is -2.17. The smallest absolute Gasteiger partial charge is 0.00199 e. The molecule has 0 heteroatoms. The summed E-state index contributed by atoms with van der Waals surface area (Å²) < 4.78 is 0. The van der Waals surface area contributed by atoms with E-state index in [2.05, 4.69) is 72.8 Å². The van der Waals surface area contributed by atoms with Crippen LogP contribution in [0.25, 0.3) is 44.5 Å². The molecular weight excluding hydrogens is 276 g/mol. The zero-order valence-corrected chi connectivity index (χ0v) is 12.6. The maximum atomic E-state index is 2.39. The van der Waals surface area contributed by atoms with Crippen LogP contribution in [0.5, 0.6) is 0 Å². The molecule has 0 saturated carbocycles. The van der Waals surface area contributed by atoms with Gasteiger partial charge in [0.2, 0.25) is 0 Å².